The first kappa shape index (κ1) is 47.9. The fourth-order valence-electron chi connectivity index (χ4n) is 0. The Morgan fingerprint density at radius 1 is 0.917 bits per heavy atom. The minimum Gasteiger partial charge on any atom is -1.00 e. The van der Waals surface area contributed by atoms with E-state index in [0.29, 0.717) is 0 Å². The zero-order valence-electron chi connectivity index (χ0n) is 7.12. The van der Waals surface area contributed by atoms with E-state index in [1.807, 2.05) is 13.8 Å². The van der Waals surface area contributed by atoms with Crippen LogP contribution < -0.4 is 67.8 Å². The van der Waals surface area contributed by atoms with E-state index in [9.17, 15) is 0 Å². The van der Waals surface area contributed by atoms with Crippen LogP contribution in [0.25, 0.3) is 0 Å². The first-order chi connectivity index (χ1) is 2.56. The number of hydrogen-bond acceptors (Lipinski definition) is 1. The summed E-state index contributed by atoms with van der Waals surface area (Å²) in [7, 11) is 0. The zero-order chi connectivity index (χ0) is 5.21. The summed E-state index contributed by atoms with van der Waals surface area (Å²) >= 11 is 0. The molecule has 0 aromatic heterocycles. The Morgan fingerprint density at radius 3 is 1.00 bits per heavy atom. The fraction of sp³-hybridized carbons (Fsp3) is 1.00. The van der Waals surface area contributed by atoms with Crippen LogP contribution in [0, 0.1) is 0 Å². The van der Waals surface area contributed by atoms with Crippen LogP contribution in [-0.4, -0.2) is 5.54 Å². The topological polar surface area (TPSA) is 26.0 Å². The number of nitrogens with two attached hydrogens (primary N) is 1. The Hall–Kier alpha value is 2.15. The summed E-state index contributed by atoms with van der Waals surface area (Å²) in [5, 5.41) is 0. The van der Waals surface area contributed by atoms with Gasteiger partial charge in [-0.15, -0.1) is 0 Å². The molecule has 0 saturated heterocycles. The first-order valence-electron chi connectivity index (χ1n) is 2.35. The van der Waals surface area contributed by atoms with Crippen LogP contribution in [-0.2, 0) is 22.4 Å². The van der Waals surface area contributed by atoms with Crippen LogP contribution in [0.2, 0.25) is 0 Å². The van der Waals surface area contributed by atoms with Crippen LogP contribution in [0.4, 0.5) is 0 Å². The Kier molecular flexibility index (Phi) is 92.5. The van der Waals surface area contributed by atoms with Crippen LogP contribution in [0.5, 0.6) is 0 Å². The van der Waals surface area contributed by atoms with Crippen molar-refractivity contribution in [2.75, 3.05) is 0 Å². The largest absolute Gasteiger partial charge is 5.00 e. The Morgan fingerprint density at radius 2 is 1.00 bits per heavy atom. The van der Waals surface area contributed by atoms with Crippen molar-refractivity contribution in [2.24, 2.45) is 5.73 Å². The number of rotatable bonds is 1. The van der Waals surface area contributed by atoms with E-state index in [2.05, 4.69) is 6.92 Å². The first-order valence-corrected chi connectivity index (χ1v) is 2.35. The average molecular weight is 445 g/mol. The molecule has 0 spiro atoms. The standard InChI is InChI=1S/C5H13N.5ClH.Ta/c1-4-5(2,3)6;;;;;;/h4,6H2,1-3H3;5*1H;/q;;;;;;+5/p-5. The minimum atomic E-state index is 0. The maximum Gasteiger partial charge on any atom is 5.00 e. The third-order valence-corrected chi connectivity index (χ3v) is 0.911. The molecule has 0 saturated carbocycles. The number of hydrogen-bond donors (Lipinski definition) is 1. The second-order valence-corrected chi connectivity index (χ2v) is 2.34. The molecule has 0 aliphatic heterocycles. The Balaban J connectivity index is -0.00000000833. The van der Waals surface area contributed by atoms with Gasteiger partial charge >= 0.3 is 22.4 Å². The van der Waals surface area contributed by atoms with Gasteiger partial charge in [0.2, 0.25) is 0 Å². The summed E-state index contributed by atoms with van der Waals surface area (Å²) in [4.78, 5) is 0. The molecule has 0 aromatic rings. The van der Waals surface area contributed by atoms with Gasteiger partial charge in [0.15, 0.2) is 0 Å². The van der Waals surface area contributed by atoms with Crippen molar-refractivity contribution in [2.45, 2.75) is 32.7 Å². The van der Waals surface area contributed by atoms with Gasteiger partial charge in [0.05, 0.1) is 0 Å². The van der Waals surface area contributed by atoms with Gasteiger partial charge in [-0.1, -0.05) is 6.92 Å². The van der Waals surface area contributed by atoms with E-state index in [1.165, 1.54) is 0 Å². The normalized spacial score (nSPS) is 6.00. The van der Waals surface area contributed by atoms with Gasteiger partial charge in [-0.2, -0.15) is 0 Å². The third kappa shape index (κ3) is 57.0. The van der Waals surface area contributed by atoms with Crippen molar-refractivity contribution in [3.8, 4) is 0 Å². The molecule has 78 valence electrons. The minimum absolute atomic E-state index is 0. The van der Waals surface area contributed by atoms with E-state index in [1.54, 1.807) is 0 Å². The summed E-state index contributed by atoms with van der Waals surface area (Å²) in [6.45, 7) is 6.12. The summed E-state index contributed by atoms with van der Waals surface area (Å²) in [5.41, 5.74) is 5.58. The van der Waals surface area contributed by atoms with Gasteiger partial charge in [-0.3, -0.25) is 0 Å². The van der Waals surface area contributed by atoms with Crippen LogP contribution in [0.15, 0.2) is 0 Å². The van der Waals surface area contributed by atoms with E-state index >= 15 is 0 Å². The van der Waals surface area contributed by atoms with Crippen molar-refractivity contribution in [1.29, 1.82) is 0 Å². The predicted molar refractivity (Wildman–Crippen MR) is 28.6 cm³/mol. The molecule has 0 rings (SSSR count). The molecule has 0 aliphatic rings. The van der Waals surface area contributed by atoms with Crippen molar-refractivity contribution < 1.29 is 84.4 Å². The molecule has 0 amide bonds. The van der Waals surface area contributed by atoms with Crippen LogP contribution in [0.1, 0.15) is 27.2 Å². The fourth-order valence-corrected chi connectivity index (χ4v) is 0. The summed E-state index contributed by atoms with van der Waals surface area (Å²) < 4.78 is 0. The SMILES string of the molecule is CCC(C)(C)N.[Cl-].[Cl-].[Cl-].[Cl-].[Cl-].[Ta+5]. The van der Waals surface area contributed by atoms with Gasteiger partial charge in [0.25, 0.3) is 0 Å². The molecule has 0 unspecified atom stereocenters. The summed E-state index contributed by atoms with van der Waals surface area (Å²) in [6, 6.07) is 0. The molecule has 12 heavy (non-hydrogen) atoms. The summed E-state index contributed by atoms with van der Waals surface area (Å²) in [6.07, 6.45) is 1.05. The maximum absolute atomic E-state index is 5.53. The summed E-state index contributed by atoms with van der Waals surface area (Å²) in [5.74, 6) is 0. The average Bonchev–Trinajstić information content (AvgIpc) is 1.35. The van der Waals surface area contributed by atoms with Gasteiger partial charge in [0, 0.05) is 5.54 Å². The van der Waals surface area contributed by atoms with E-state index < -0.39 is 0 Å². The molecule has 1 nitrogen and oxygen atoms in total. The molecule has 0 aromatic carbocycles. The molecule has 0 heterocycles. The molecule has 7 heteroatoms. The van der Waals surface area contributed by atoms with Gasteiger partial charge in [-0.05, 0) is 20.3 Å². The molecule has 0 fully saturated rings. The van der Waals surface area contributed by atoms with Crippen LogP contribution >= 0.6 is 0 Å². The molecular weight excluding hydrogens is 432 g/mol. The second-order valence-electron chi connectivity index (χ2n) is 2.34. The third-order valence-electron chi connectivity index (χ3n) is 0.911. The van der Waals surface area contributed by atoms with Gasteiger partial charge in [-0.25, -0.2) is 0 Å². The van der Waals surface area contributed by atoms with E-state index in [-0.39, 0.29) is 90.0 Å². The molecule has 0 atom stereocenters. The molecule has 2 N–H and O–H groups in total. The number of halogens is 5. The molecule has 0 radical (unpaired) electrons. The van der Waals surface area contributed by atoms with Crippen molar-refractivity contribution in [3.05, 3.63) is 0 Å². The van der Waals surface area contributed by atoms with E-state index in [4.69, 9.17) is 5.73 Å². The molecule has 0 bridgehead atoms. The zero-order valence-corrected chi connectivity index (χ0v) is 14.1. The van der Waals surface area contributed by atoms with Crippen LogP contribution in [0.3, 0.4) is 0 Å². The Bertz CT molecular complexity index is 49.6. The molecular formula is C5H13Cl5NTa. The van der Waals surface area contributed by atoms with E-state index in [0.717, 1.165) is 6.42 Å². The quantitative estimate of drug-likeness (QED) is 0.427. The molecule has 0 aliphatic carbocycles. The Labute approximate surface area is 122 Å². The van der Waals surface area contributed by atoms with Crippen molar-refractivity contribution >= 4 is 0 Å². The second kappa shape index (κ2) is 23.2. The van der Waals surface area contributed by atoms with Crippen molar-refractivity contribution in [3.63, 3.8) is 0 Å². The van der Waals surface area contributed by atoms with Gasteiger partial charge in [0.1, 0.15) is 0 Å². The predicted octanol–water partition coefficient (Wildman–Crippen LogP) is -13.8. The van der Waals surface area contributed by atoms with Crippen molar-refractivity contribution in [1.82, 2.24) is 0 Å². The monoisotopic (exact) mass is 443 g/mol. The van der Waals surface area contributed by atoms with Gasteiger partial charge < -0.3 is 67.8 Å². The smallest absolute Gasteiger partial charge is 1.00 e. The maximum atomic E-state index is 5.53.